The largest absolute Gasteiger partial charge is 0.387 e. The quantitative estimate of drug-likeness (QED) is 0.875. The number of nitrogens with one attached hydrogen (secondary N) is 1. The number of carbonyl (C=O) groups excluding carboxylic acids is 1. The van der Waals surface area contributed by atoms with Crippen LogP contribution < -0.4 is 0 Å². The van der Waals surface area contributed by atoms with Gasteiger partial charge in [0.1, 0.15) is 0 Å². The Kier molecular flexibility index (Phi) is 4.80. The van der Waals surface area contributed by atoms with Crippen molar-refractivity contribution in [1.29, 1.82) is 0 Å². The number of aromatic nitrogens is 4. The molecular formula is C19H27N5O2. The summed E-state index contributed by atoms with van der Waals surface area (Å²) in [5.41, 5.74) is 5.37. The van der Waals surface area contributed by atoms with Gasteiger partial charge < -0.3 is 10.0 Å². The fraction of sp³-hybridized carbons (Fsp3) is 0.632. The van der Waals surface area contributed by atoms with Crippen LogP contribution in [0.1, 0.15) is 67.1 Å². The van der Waals surface area contributed by atoms with E-state index >= 15 is 0 Å². The topological polar surface area (TPSA) is 87.0 Å². The SMILES string of the molecule is C[C@H](O)c1cc2n(n1)CCCN(C(=O)CCc1n[nH]c3c1CCCC3)C2. The molecule has 2 N–H and O–H groups in total. The molecule has 0 radical (unpaired) electrons. The number of carbonyl (C=O) groups is 1. The maximum Gasteiger partial charge on any atom is 0.223 e. The third-order valence-electron chi connectivity index (χ3n) is 5.53. The first-order chi connectivity index (χ1) is 12.6. The van der Waals surface area contributed by atoms with Gasteiger partial charge in [-0.05, 0) is 50.7 Å². The van der Waals surface area contributed by atoms with Crippen LogP contribution in [-0.4, -0.2) is 42.4 Å². The standard InChI is InChI=1S/C19H27N5O2/c1-13(25)18-11-14-12-23(9-4-10-24(14)22-18)19(26)8-7-17-15-5-2-3-6-16(15)20-21-17/h11,13,25H,2-10,12H2,1H3,(H,20,21)/t13-/m0/s1. The summed E-state index contributed by atoms with van der Waals surface area (Å²) in [6, 6.07) is 1.92. The molecule has 7 nitrogen and oxygen atoms in total. The van der Waals surface area contributed by atoms with E-state index in [0.29, 0.717) is 25.1 Å². The van der Waals surface area contributed by atoms with E-state index in [1.165, 1.54) is 24.1 Å². The molecule has 0 aromatic carbocycles. The van der Waals surface area contributed by atoms with Crippen LogP contribution in [0.5, 0.6) is 0 Å². The highest BCUT2D eigenvalue weighted by atomic mass is 16.3. The molecule has 2 aromatic rings. The van der Waals surface area contributed by atoms with Gasteiger partial charge in [0.05, 0.1) is 29.7 Å². The number of rotatable bonds is 4. The maximum atomic E-state index is 12.8. The van der Waals surface area contributed by atoms with E-state index in [2.05, 4.69) is 15.3 Å². The minimum Gasteiger partial charge on any atom is -0.387 e. The third-order valence-corrected chi connectivity index (χ3v) is 5.53. The number of hydrogen-bond donors (Lipinski definition) is 2. The summed E-state index contributed by atoms with van der Waals surface area (Å²) < 4.78 is 1.93. The Hall–Kier alpha value is -2.15. The summed E-state index contributed by atoms with van der Waals surface area (Å²) >= 11 is 0. The molecular weight excluding hydrogens is 330 g/mol. The highest BCUT2D eigenvalue weighted by molar-refractivity contribution is 5.76. The summed E-state index contributed by atoms with van der Waals surface area (Å²) in [6.45, 7) is 3.83. The molecule has 0 spiro atoms. The summed E-state index contributed by atoms with van der Waals surface area (Å²) in [5, 5.41) is 21.8. The Bertz CT molecular complexity index is 792. The van der Waals surface area contributed by atoms with Crippen molar-refractivity contribution in [1.82, 2.24) is 24.9 Å². The number of aromatic amines is 1. The summed E-state index contributed by atoms with van der Waals surface area (Å²) in [5.74, 6) is 0.172. The molecule has 2 aliphatic rings. The molecule has 1 atom stereocenters. The van der Waals surface area contributed by atoms with E-state index < -0.39 is 6.10 Å². The van der Waals surface area contributed by atoms with Crippen LogP contribution in [0.15, 0.2) is 6.07 Å². The fourth-order valence-corrected chi connectivity index (χ4v) is 4.04. The van der Waals surface area contributed by atoms with Crippen molar-refractivity contribution in [2.75, 3.05) is 6.54 Å². The lowest BCUT2D eigenvalue weighted by Gasteiger charge is -2.20. The first kappa shape index (κ1) is 17.3. The monoisotopic (exact) mass is 357 g/mol. The van der Waals surface area contributed by atoms with Crippen molar-refractivity contribution in [3.63, 3.8) is 0 Å². The minimum atomic E-state index is -0.579. The van der Waals surface area contributed by atoms with Crippen LogP contribution in [0.3, 0.4) is 0 Å². The van der Waals surface area contributed by atoms with Crippen molar-refractivity contribution in [2.45, 2.75) is 71.1 Å². The van der Waals surface area contributed by atoms with Crippen molar-refractivity contribution in [3.8, 4) is 0 Å². The molecule has 1 aliphatic carbocycles. The number of hydrogen-bond acceptors (Lipinski definition) is 4. The predicted molar refractivity (Wildman–Crippen MR) is 96.4 cm³/mol. The number of nitrogens with zero attached hydrogens (tertiary/aromatic N) is 4. The van der Waals surface area contributed by atoms with Gasteiger partial charge in [-0.1, -0.05) is 0 Å². The van der Waals surface area contributed by atoms with Gasteiger partial charge in [0.15, 0.2) is 0 Å². The lowest BCUT2D eigenvalue weighted by atomic mass is 9.94. The summed E-state index contributed by atoms with van der Waals surface area (Å²) in [6.07, 6.45) is 6.12. The number of fused-ring (bicyclic) bond motifs is 2. The van der Waals surface area contributed by atoms with Crippen molar-refractivity contribution in [3.05, 3.63) is 34.4 Å². The van der Waals surface area contributed by atoms with Crippen molar-refractivity contribution < 1.29 is 9.90 Å². The zero-order chi connectivity index (χ0) is 18.1. The molecule has 3 heterocycles. The Morgan fingerprint density at radius 1 is 1.31 bits per heavy atom. The molecule has 2 aromatic heterocycles. The summed E-state index contributed by atoms with van der Waals surface area (Å²) in [7, 11) is 0. The molecule has 26 heavy (non-hydrogen) atoms. The smallest absolute Gasteiger partial charge is 0.223 e. The lowest BCUT2D eigenvalue weighted by Crippen LogP contribution is -2.31. The average molecular weight is 357 g/mol. The maximum absolute atomic E-state index is 12.8. The third kappa shape index (κ3) is 3.40. The van der Waals surface area contributed by atoms with E-state index in [9.17, 15) is 9.90 Å². The second-order valence-electron chi connectivity index (χ2n) is 7.46. The number of H-pyrrole nitrogens is 1. The lowest BCUT2D eigenvalue weighted by molar-refractivity contribution is -0.131. The molecule has 140 valence electrons. The fourth-order valence-electron chi connectivity index (χ4n) is 4.04. The van der Waals surface area contributed by atoms with Gasteiger partial charge in [-0.2, -0.15) is 10.2 Å². The van der Waals surface area contributed by atoms with Crippen LogP contribution in [0.2, 0.25) is 0 Å². The molecule has 0 bridgehead atoms. The van der Waals surface area contributed by atoms with Crippen LogP contribution in [0.25, 0.3) is 0 Å². The van der Waals surface area contributed by atoms with E-state index in [-0.39, 0.29) is 5.91 Å². The Labute approximate surface area is 153 Å². The molecule has 4 rings (SSSR count). The van der Waals surface area contributed by atoms with Crippen molar-refractivity contribution >= 4 is 5.91 Å². The molecule has 7 heteroatoms. The highest BCUT2D eigenvalue weighted by Gasteiger charge is 2.23. The van der Waals surface area contributed by atoms with Gasteiger partial charge in [0.2, 0.25) is 5.91 Å². The normalized spacial score (nSPS) is 18.2. The number of aryl methyl sites for hydroxylation is 3. The van der Waals surface area contributed by atoms with Gasteiger partial charge in [-0.25, -0.2) is 0 Å². The van der Waals surface area contributed by atoms with E-state index in [1.54, 1.807) is 6.92 Å². The first-order valence-corrected chi connectivity index (χ1v) is 9.69. The van der Waals surface area contributed by atoms with Gasteiger partial charge in [-0.3, -0.25) is 14.6 Å². The van der Waals surface area contributed by atoms with E-state index in [1.807, 2.05) is 15.6 Å². The Morgan fingerprint density at radius 3 is 3.00 bits per heavy atom. The minimum absolute atomic E-state index is 0.172. The first-order valence-electron chi connectivity index (χ1n) is 9.69. The van der Waals surface area contributed by atoms with Crippen LogP contribution >= 0.6 is 0 Å². The zero-order valence-electron chi connectivity index (χ0n) is 15.4. The molecule has 1 aliphatic heterocycles. The zero-order valence-corrected chi connectivity index (χ0v) is 15.4. The van der Waals surface area contributed by atoms with Crippen LogP contribution in [0, 0.1) is 0 Å². The van der Waals surface area contributed by atoms with E-state index in [4.69, 9.17) is 0 Å². The van der Waals surface area contributed by atoms with E-state index in [0.717, 1.165) is 43.7 Å². The van der Waals surface area contributed by atoms with Gasteiger partial charge in [0.25, 0.3) is 0 Å². The number of aliphatic hydroxyl groups excluding tert-OH is 1. The second kappa shape index (κ2) is 7.23. The summed E-state index contributed by atoms with van der Waals surface area (Å²) in [4.78, 5) is 14.7. The Balaban J connectivity index is 1.40. The molecule has 0 saturated carbocycles. The molecule has 1 amide bonds. The molecule has 0 fully saturated rings. The number of aliphatic hydroxyl groups is 1. The number of amides is 1. The Morgan fingerprint density at radius 2 is 2.15 bits per heavy atom. The predicted octanol–water partition coefficient (Wildman–Crippen LogP) is 1.90. The van der Waals surface area contributed by atoms with Gasteiger partial charge in [-0.15, -0.1) is 0 Å². The highest BCUT2D eigenvalue weighted by Crippen LogP contribution is 2.23. The van der Waals surface area contributed by atoms with Crippen LogP contribution in [-0.2, 0) is 37.1 Å². The molecule has 0 saturated heterocycles. The second-order valence-corrected chi connectivity index (χ2v) is 7.46. The van der Waals surface area contributed by atoms with Gasteiger partial charge >= 0.3 is 0 Å². The molecule has 0 unspecified atom stereocenters. The van der Waals surface area contributed by atoms with Gasteiger partial charge in [0, 0.05) is 31.6 Å². The van der Waals surface area contributed by atoms with Crippen LogP contribution in [0.4, 0.5) is 0 Å². The van der Waals surface area contributed by atoms with Crippen molar-refractivity contribution in [2.24, 2.45) is 0 Å². The average Bonchev–Trinajstić information content (AvgIpc) is 3.18.